The number of hydrogen-bond acceptors (Lipinski definition) is 1. The molecule has 5 aromatic carbocycles. The van der Waals surface area contributed by atoms with Crippen LogP contribution in [0.3, 0.4) is 0 Å². The first-order valence-corrected chi connectivity index (χ1v) is 13.6. The van der Waals surface area contributed by atoms with Crippen LogP contribution < -0.4 is 5.32 Å². The van der Waals surface area contributed by atoms with Crippen molar-refractivity contribution in [1.82, 2.24) is 9.13 Å². The van der Waals surface area contributed by atoms with E-state index < -0.39 is 0 Å². The van der Waals surface area contributed by atoms with Gasteiger partial charge in [0.25, 0.3) is 0 Å². The van der Waals surface area contributed by atoms with E-state index in [0.29, 0.717) is 0 Å². The molecule has 3 nitrogen and oxygen atoms in total. The van der Waals surface area contributed by atoms with Crippen LogP contribution in [0.4, 0.5) is 5.69 Å². The molecule has 0 amide bonds. The molecule has 2 aromatic heterocycles. The van der Waals surface area contributed by atoms with Crippen LogP contribution in [0, 0.1) is 0 Å². The quantitative estimate of drug-likeness (QED) is 0.255. The van der Waals surface area contributed by atoms with E-state index in [-0.39, 0.29) is 0 Å². The topological polar surface area (TPSA) is 21.9 Å². The third-order valence-corrected chi connectivity index (χ3v) is 7.98. The van der Waals surface area contributed by atoms with E-state index in [4.69, 9.17) is 0 Å². The number of rotatable bonds is 4. The maximum Gasteiger partial charge on any atom is 0.0561 e. The van der Waals surface area contributed by atoms with Gasteiger partial charge in [-0.1, -0.05) is 78.9 Å². The van der Waals surface area contributed by atoms with E-state index in [0.717, 1.165) is 18.5 Å². The highest BCUT2D eigenvalue weighted by Crippen LogP contribution is 2.37. The Hall–Kier alpha value is -5.02. The second-order valence-electron chi connectivity index (χ2n) is 10.3. The van der Waals surface area contributed by atoms with E-state index in [9.17, 15) is 0 Å². The summed E-state index contributed by atoms with van der Waals surface area (Å²) in [6.07, 6.45) is 4.35. The summed E-state index contributed by atoms with van der Waals surface area (Å²) in [7, 11) is 0. The van der Waals surface area contributed by atoms with Crippen molar-refractivity contribution in [3.05, 3.63) is 144 Å². The lowest BCUT2D eigenvalue weighted by Gasteiger charge is -2.18. The van der Waals surface area contributed by atoms with Gasteiger partial charge in [-0.25, -0.2) is 0 Å². The monoisotopic (exact) mass is 501 g/mol. The number of anilines is 1. The second kappa shape index (κ2) is 8.78. The minimum Gasteiger partial charge on any atom is -0.359 e. The Kier molecular flexibility index (Phi) is 4.95. The summed E-state index contributed by atoms with van der Waals surface area (Å²) in [5.74, 6) is 0. The van der Waals surface area contributed by atoms with Crippen LogP contribution in [-0.4, -0.2) is 9.13 Å². The van der Waals surface area contributed by atoms with E-state index in [2.05, 4.69) is 148 Å². The first-order valence-electron chi connectivity index (χ1n) is 13.6. The van der Waals surface area contributed by atoms with Gasteiger partial charge in [0.15, 0.2) is 0 Å². The number of para-hydroxylation sites is 4. The molecule has 0 spiro atoms. The summed E-state index contributed by atoms with van der Waals surface area (Å²) in [6, 6.07) is 45.6. The lowest BCUT2D eigenvalue weighted by molar-refractivity contribution is 0.921. The third kappa shape index (κ3) is 3.51. The van der Waals surface area contributed by atoms with Crippen LogP contribution in [-0.2, 0) is 6.42 Å². The van der Waals surface area contributed by atoms with Crippen molar-refractivity contribution >= 4 is 44.5 Å². The summed E-state index contributed by atoms with van der Waals surface area (Å²) in [6.45, 7) is 0. The molecule has 0 aliphatic heterocycles. The van der Waals surface area contributed by atoms with Crippen molar-refractivity contribution in [2.75, 3.05) is 5.32 Å². The lowest BCUT2D eigenvalue weighted by atomic mass is 9.98. The Labute approximate surface area is 227 Å². The van der Waals surface area contributed by atoms with Crippen LogP contribution in [0.1, 0.15) is 17.7 Å². The highest BCUT2D eigenvalue weighted by Gasteiger charge is 2.21. The predicted molar refractivity (Wildman–Crippen MR) is 164 cm³/mol. The standard InChI is InChI=1S/C36H27N3/c1-3-11-27(12-4-1)38-33-17-9-7-15-29(33)31-21-19-25(23-35(31)38)37-26-20-22-32-30-16-8-10-18-34(30)39(36(32)24-26)28-13-5-2-6-14-28/h1-19,21,23-24,37H,20,22H2. The van der Waals surface area contributed by atoms with Crippen molar-refractivity contribution in [3.8, 4) is 11.4 Å². The average molecular weight is 502 g/mol. The normalized spacial score (nSPS) is 13.1. The van der Waals surface area contributed by atoms with Gasteiger partial charge in [0.05, 0.1) is 22.2 Å². The molecular formula is C36H27N3. The molecule has 0 atom stereocenters. The first kappa shape index (κ1) is 22.0. The van der Waals surface area contributed by atoms with Gasteiger partial charge in [0.1, 0.15) is 0 Å². The molecule has 0 bridgehead atoms. The fourth-order valence-electron chi connectivity index (χ4n) is 6.28. The molecular weight excluding hydrogens is 474 g/mol. The largest absolute Gasteiger partial charge is 0.359 e. The Balaban J connectivity index is 1.26. The van der Waals surface area contributed by atoms with Crippen molar-refractivity contribution in [2.24, 2.45) is 0 Å². The minimum absolute atomic E-state index is 0.982. The molecule has 0 unspecified atom stereocenters. The Morgan fingerprint density at radius 1 is 0.487 bits per heavy atom. The smallest absolute Gasteiger partial charge is 0.0561 e. The highest BCUT2D eigenvalue weighted by atomic mass is 15.0. The zero-order chi connectivity index (χ0) is 25.8. The van der Waals surface area contributed by atoms with Gasteiger partial charge in [-0.05, 0) is 73.0 Å². The van der Waals surface area contributed by atoms with E-state index in [1.54, 1.807) is 0 Å². The number of benzene rings is 5. The summed E-state index contributed by atoms with van der Waals surface area (Å²) >= 11 is 0. The molecule has 0 saturated heterocycles. The molecule has 1 N–H and O–H groups in total. The molecule has 7 aromatic rings. The van der Waals surface area contributed by atoms with Gasteiger partial charge < -0.3 is 14.5 Å². The van der Waals surface area contributed by atoms with Gasteiger partial charge in [-0.3, -0.25) is 0 Å². The van der Waals surface area contributed by atoms with Gasteiger partial charge >= 0.3 is 0 Å². The molecule has 3 heteroatoms. The minimum atomic E-state index is 0.982. The maximum atomic E-state index is 3.79. The van der Waals surface area contributed by atoms with Crippen molar-refractivity contribution in [3.63, 3.8) is 0 Å². The number of hydrogen-bond donors (Lipinski definition) is 1. The zero-order valence-corrected chi connectivity index (χ0v) is 21.5. The van der Waals surface area contributed by atoms with Crippen molar-refractivity contribution in [1.29, 1.82) is 0 Å². The molecule has 1 aliphatic carbocycles. The van der Waals surface area contributed by atoms with E-state index in [1.165, 1.54) is 61.0 Å². The Morgan fingerprint density at radius 2 is 1.08 bits per heavy atom. The fourth-order valence-corrected chi connectivity index (χ4v) is 6.28. The fraction of sp³-hybridized carbons (Fsp3) is 0.0556. The number of aryl methyl sites for hydroxylation is 1. The predicted octanol–water partition coefficient (Wildman–Crippen LogP) is 9.13. The molecule has 2 heterocycles. The Morgan fingerprint density at radius 3 is 1.82 bits per heavy atom. The Bertz CT molecular complexity index is 2020. The second-order valence-corrected chi connectivity index (χ2v) is 10.3. The molecule has 39 heavy (non-hydrogen) atoms. The first-order chi connectivity index (χ1) is 19.3. The van der Waals surface area contributed by atoms with Gasteiger partial charge in [0, 0.05) is 38.9 Å². The number of fused-ring (bicyclic) bond motifs is 6. The number of nitrogens with one attached hydrogen (secondary N) is 1. The highest BCUT2D eigenvalue weighted by molar-refractivity contribution is 6.10. The van der Waals surface area contributed by atoms with Crippen LogP contribution in [0.15, 0.2) is 133 Å². The number of allylic oxidation sites excluding steroid dienone is 1. The van der Waals surface area contributed by atoms with E-state index >= 15 is 0 Å². The maximum absolute atomic E-state index is 3.79. The van der Waals surface area contributed by atoms with Gasteiger partial charge in [-0.2, -0.15) is 0 Å². The van der Waals surface area contributed by atoms with Crippen LogP contribution in [0.5, 0.6) is 0 Å². The van der Waals surface area contributed by atoms with Crippen LogP contribution >= 0.6 is 0 Å². The van der Waals surface area contributed by atoms with Crippen LogP contribution in [0.2, 0.25) is 0 Å². The lowest BCUT2D eigenvalue weighted by Crippen LogP contribution is -2.08. The summed E-state index contributed by atoms with van der Waals surface area (Å²) in [5.41, 5.74) is 11.1. The summed E-state index contributed by atoms with van der Waals surface area (Å²) in [5, 5.41) is 7.68. The SMILES string of the molecule is C1=C(Nc2ccc3c4ccccc4n(-c4ccccc4)c3c2)CCc2c1n(-c1ccccc1)c1ccccc21. The molecule has 8 rings (SSSR count). The molecule has 0 radical (unpaired) electrons. The van der Waals surface area contributed by atoms with Gasteiger partial charge in [0.2, 0.25) is 0 Å². The summed E-state index contributed by atoms with van der Waals surface area (Å²) < 4.78 is 4.78. The molecule has 0 fully saturated rings. The summed E-state index contributed by atoms with van der Waals surface area (Å²) in [4.78, 5) is 0. The van der Waals surface area contributed by atoms with Crippen LogP contribution in [0.25, 0.3) is 50.2 Å². The van der Waals surface area contributed by atoms with Gasteiger partial charge in [-0.15, -0.1) is 0 Å². The van der Waals surface area contributed by atoms with Crippen molar-refractivity contribution in [2.45, 2.75) is 12.8 Å². The average Bonchev–Trinajstić information content (AvgIpc) is 3.50. The number of nitrogens with zero attached hydrogens (tertiary/aromatic N) is 2. The molecule has 1 aliphatic rings. The molecule has 186 valence electrons. The molecule has 0 saturated carbocycles. The zero-order valence-electron chi connectivity index (χ0n) is 21.5. The number of aromatic nitrogens is 2. The third-order valence-electron chi connectivity index (χ3n) is 7.98. The van der Waals surface area contributed by atoms with E-state index in [1.807, 2.05) is 0 Å². The van der Waals surface area contributed by atoms with Crippen molar-refractivity contribution < 1.29 is 0 Å².